The molecule has 0 radical (unpaired) electrons. The van der Waals surface area contributed by atoms with E-state index < -0.39 is 16.1 Å². The Morgan fingerprint density at radius 2 is 1.65 bits per heavy atom. The van der Waals surface area contributed by atoms with Crippen molar-refractivity contribution in [2.24, 2.45) is 0 Å². The summed E-state index contributed by atoms with van der Waals surface area (Å²) in [6.07, 6.45) is -0.643. The third-order valence-corrected chi connectivity index (χ3v) is 7.24. The molecule has 0 saturated carbocycles. The van der Waals surface area contributed by atoms with Crippen LogP contribution < -0.4 is 4.74 Å². The molecule has 1 heterocycles. The van der Waals surface area contributed by atoms with Crippen LogP contribution in [0.3, 0.4) is 0 Å². The molecule has 0 aromatic heterocycles. The van der Waals surface area contributed by atoms with E-state index in [1.807, 2.05) is 6.92 Å². The molecule has 1 atom stereocenters. The van der Waals surface area contributed by atoms with Crippen LogP contribution in [-0.4, -0.2) is 81.4 Å². The highest BCUT2D eigenvalue weighted by Gasteiger charge is 2.28. The molecule has 0 bridgehead atoms. The molecule has 0 amide bonds. The molecule has 7 nitrogen and oxygen atoms in total. The van der Waals surface area contributed by atoms with Crippen molar-refractivity contribution in [1.82, 2.24) is 9.21 Å². The van der Waals surface area contributed by atoms with Crippen molar-refractivity contribution in [1.29, 1.82) is 0 Å². The van der Waals surface area contributed by atoms with Crippen molar-refractivity contribution in [2.45, 2.75) is 17.9 Å². The quantitative estimate of drug-likeness (QED) is 0.539. The minimum Gasteiger partial charge on any atom is -0.491 e. The first-order valence-electron chi connectivity index (χ1n) is 10.3. The Kier molecular flexibility index (Phi) is 8.71. The summed E-state index contributed by atoms with van der Waals surface area (Å²) < 4.78 is 38.1. The Labute approximate surface area is 189 Å². The number of nitrogens with zero attached hydrogens (tertiary/aromatic N) is 2. The summed E-state index contributed by atoms with van der Waals surface area (Å²) in [5.74, 6) is 0.715. The molecule has 1 aliphatic heterocycles. The number of rotatable bonds is 10. The predicted molar refractivity (Wildman–Crippen MR) is 120 cm³/mol. The van der Waals surface area contributed by atoms with Crippen LogP contribution in [0.15, 0.2) is 53.4 Å². The number of piperazine rings is 1. The van der Waals surface area contributed by atoms with E-state index >= 15 is 0 Å². The second-order valence-corrected chi connectivity index (χ2v) is 9.92. The first kappa shape index (κ1) is 24.0. The summed E-state index contributed by atoms with van der Waals surface area (Å²) in [6.45, 7) is 5.26. The van der Waals surface area contributed by atoms with Crippen LogP contribution in [0.1, 0.15) is 5.56 Å². The van der Waals surface area contributed by atoms with Crippen LogP contribution in [-0.2, 0) is 14.8 Å². The molecule has 0 aliphatic carbocycles. The molecule has 1 fully saturated rings. The monoisotopic (exact) mass is 468 g/mol. The van der Waals surface area contributed by atoms with Gasteiger partial charge in [0.1, 0.15) is 12.4 Å². The first-order chi connectivity index (χ1) is 14.8. The summed E-state index contributed by atoms with van der Waals surface area (Å²) in [5, 5.41) is 10.9. The number of sulfonamides is 1. The Bertz CT molecular complexity index is 914. The van der Waals surface area contributed by atoms with Gasteiger partial charge in [0.25, 0.3) is 0 Å². The van der Waals surface area contributed by atoms with E-state index in [0.717, 1.165) is 5.56 Å². The van der Waals surface area contributed by atoms with Crippen molar-refractivity contribution < 1.29 is 23.0 Å². The smallest absolute Gasteiger partial charge is 0.243 e. The SMILES string of the molecule is Cc1ccc(S(=O)(=O)N2CCN(C[C@H](O)COCCOc3ccc(Cl)cc3)CC2)cc1. The molecule has 2 aromatic carbocycles. The number of hydrogen-bond donors (Lipinski definition) is 1. The number of aryl methyl sites for hydroxylation is 1. The Morgan fingerprint density at radius 3 is 2.29 bits per heavy atom. The first-order valence-corrected chi connectivity index (χ1v) is 12.1. The second kappa shape index (κ2) is 11.3. The van der Waals surface area contributed by atoms with E-state index in [1.165, 1.54) is 4.31 Å². The zero-order chi connectivity index (χ0) is 22.3. The number of ether oxygens (including phenoxy) is 2. The van der Waals surface area contributed by atoms with Crippen molar-refractivity contribution >= 4 is 21.6 Å². The molecule has 3 rings (SSSR count). The van der Waals surface area contributed by atoms with Gasteiger partial charge in [0.15, 0.2) is 0 Å². The Hall–Kier alpha value is -1.68. The average molecular weight is 469 g/mol. The van der Waals surface area contributed by atoms with Gasteiger partial charge in [0.05, 0.1) is 24.2 Å². The highest BCUT2D eigenvalue weighted by Crippen LogP contribution is 2.18. The van der Waals surface area contributed by atoms with Gasteiger partial charge in [0, 0.05) is 37.7 Å². The second-order valence-electron chi connectivity index (χ2n) is 7.55. The molecular formula is C22H29ClN2O5S. The molecule has 0 spiro atoms. The lowest BCUT2D eigenvalue weighted by molar-refractivity contribution is 0.00374. The molecule has 1 N–H and O–H groups in total. The topological polar surface area (TPSA) is 79.3 Å². The summed E-state index contributed by atoms with van der Waals surface area (Å²) in [6, 6.07) is 14.0. The maximum Gasteiger partial charge on any atom is 0.243 e. The molecule has 0 unspecified atom stereocenters. The van der Waals surface area contributed by atoms with Gasteiger partial charge in [-0.2, -0.15) is 4.31 Å². The summed E-state index contributed by atoms with van der Waals surface area (Å²) in [5.41, 5.74) is 1.02. The lowest BCUT2D eigenvalue weighted by Crippen LogP contribution is -2.50. The predicted octanol–water partition coefficient (Wildman–Crippen LogP) is 2.41. The van der Waals surface area contributed by atoms with Gasteiger partial charge >= 0.3 is 0 Å². The van der Waals surface area contributed by atoms with Crippen LogP contribution in [0, 0.1) is 6.92 Å². The van der Waals surface area contributed by atoms with Crippen molar-refractivity contribution in [3.8, 4) is 5.75 Å². The van der Waals surface area contributed by atoms with E-state index in [-0.39, 0.29) is 6.61 Å². The minimum atomic E-state index is -3.48. The maximum absolute atomic E-state index is 12.8. The van der Waals surface area contributed by atoms with Gasteiger partial charge in [-0.05, 0) is 43.3 Å². The third kappa shape index (κ3) is 7.17. The fraction of sp³-hybridized carbons (Fsp3) is 0.455. The molecule has 31 heavy (non-hydrogen) atoms. The van der Waals surface area contributed by atoms with E-state index in [9.17, 15) is 13.5 Å². The number of aliphatic hydroxyl groups is 1. The van der Waals surface area contributed by atoms with Crippen LogP contribution in [0.2, 0.25) is 5.02 Å². The molecule has 1 aliphatic rings. The Morgan fingerprint density at radius 1 is 1.00 bits per heavy atom. The van der Waals surface area contributed by atoms with Gasteiger partial charge < -0.3 is 14.6 Å². The molecular weight excluding hydrogens is 440 g/mol. The van der Waals surface area contributed by atoms with Crippen molar-refractivity contribution in [3.63, 3.8) is 0 Å². The Balaban J connectivity index is 1.33. The number of aliphatic hydroxyl groups excluding tert-OH is 1. The lowest BCUT2D eigenvalue weighted by atomic mass is 10.2. The number of benzene rings is 2. The average Bonchev–Trinajstić information content (AvgIpc) is 2.75. The van der Waals surface area contributed by atoms with E-state index in [1.54, 1.807) is 48.5 Å². The van der Waals surface area contributed by atoms with E-state index in [2.05, 4.69) is 4.90 Å². The highest BCUT2D eigenvalue weighted by atomic mass is 35.5. The van der Waals surface area contributed by atoms with Gasteiger partial charge in [-0.3, -0.25) is 4.90 Å². The standard InChI is InChI=1S/C22H29ClN2O5S/c1-18-2-8-22(9-3-18)31(27,28)25-12-10-24(11-13-25)16-20(26)17-29-14-15-30-21-6-4-19(23)5-7-21/h2-9,20,26H,10-17H2,1H3/t20-/m0/s1. The van der Waals surface area contributed by atoms with Gasteiger partial charge in [-0.25, -0.2) is 8.42 Å². The number of β-amino-alcohol motifs (C(OH)–C–C–N with tert-alkyl or cyclic N) is 1. The fourth-order valence-corrected chi connectivity index (χ4v) is 4.88. The molecule has 9 heteroatoms. The van der Waals surface area contributed by atoms with Crippen LogP contribution >= 0.6 is 11.6 Å². The zero-order valence-corrected chi connectivity index (χ0v) is 19.2. The molecule has 2 aromatic rings. The molecule has 1 saturated heterocycles. The normalized spacial score (nSPS) is 16.9. The highest BCUT2D eigenvalue weighted by molar-refractivity contribution is 7.89. The number of hydrogen-bond acceptors (Lipinski definition) is 6. The maximum atomic E-state index is 12.8. The van der Waals surface area contributed by atoms with Crippen LogP contribution in [0.5, 0.6) is 5.75 Å². The van der Waals surface area contributed by atoms with Gasteiger partial charge in [0.2, 0.25) is 10.0 Å². The lowest BCUT2D eigenvalue weighted by Gasteiger charge is -2.34. The summed E-state index contributed by atoms with van der Waals surface area (Å²) in [7, 11) is -3.48. The largest absolute Gasteiger partial charge is 0.491 e. The third-order valence-electron chi connectivity index (χ3n) is 5.08. The molecule has 170 valence electrons. The summed E-state index contributed by atoms with van der Waals surface area (Å²) >= 11 is 5.83. The number of halogens is 1. The van der Waals surface area contributed by atoms with Crippen LogP contribution in [0.25, 0.3) is 0 Å². The van der Waals surface area contributed by atoms with Gasteiger partial charge in [-0.1, -0.05) is 29.3 Å². The van der Waals surface area contributed by atoms with Crippen molar-refractivity contribution in [3.05, 3.63) is 59.1 Å². The summed E-state index contributed by atoms with van der Waals surface area (Å²) in [4.78, 5) is 2.38. The van der Waals surface area contributed by atoms with Crippen LogP contribution in [0.4, 0.5) is 0 Å². The van der Waals surface area contributed by atoms with Crippen molar-refractivity contribution in [2.75, 3.05) is 52.5 Å². The van der Waals surface area contributed by atoms with Gasteiger partial charge in [-0.15, -0.1) is 0 Å². The fourth-order valence-electron chi connectivity index (χ4n) is 3.33. The van der Waals surface area contributed by atoms with E-state index in [4.69, 9.17) is 21.1 Å². The minimum absolute atomic E-state index is 0.200. The van der Waals surface area contributed by atoms with E-state index in [0.29, 0.717) is 61.6 Å². The zero-order valence-electron chi connectivity index (χ0n) is 17.6.